The normalized spacial score (nSPS) is 14.7. The summed E-state index contributed by atoms with van der Waals surface area (Å²) in [6.45, 7) is 0. The predicted octanol–water partition coefficient (Wildman–Crippen LogP) is 1.56. The van der Waals surface area contributed by atoms with E-state index in [1.165, 1.54) is 10.6 Å². The molecule has 1 nitrogen and oxygen atoms in total. The summed E-state index contributed by atoms with van der Waals surface area (Å²) < 4.78 is 4.32. The number of nitrogens with zero attached hydrogens (tertiary/aromatic N) is 1. The Kier molecular flexibility index (Phi) is 1.42. The Balaban J connectivity index is 2.54. The molecule has 0 spiro atoms. The summed E-state index contributed by atoms with van der Waals surface area (Å²) in [5.74, 6) is 0. The molecule has 1 aliphatic rings. The van der Waals surface area contributed by atoms with Crippen LogP contribution in [0.2, 0.25) is 0 Å². The first-order chi connectivity index (χ1) is 4.47. The summed E-state index contributed by atoms with van der Waals surface area (Å²) >= 11 is 0.420. The number of fused-ring (bicyclic) bond motifs is 1. The summed E-state index contributed by atoms with van der Waals surface area (Å²) in [5.41, 5.74) is 1.18. The van der Waals surface area contributed by atoms with Gasteiger partial charge < -0.3 is 0 Å². The molecule has 0 N–H and O–H groups in total. The van der Waals surface area contributed by atoms with Crippen molar-refractivity contribution in [2.24, 2.45) is 0 Å². The van der Waals surface area contributed by atoms with Crippen molar-refractivity contribution >= 4 is 29.9 Å². The van der Waals surface area contributed by atoms with Gasteiger partial charge in [-0.25, -0.2) is 0 Å². The van der Waals surface area contributed by atoms with Crippen molar-refractivity contribution in [3.8, 4) is 0 Å². The molecule has 9 heavy (non-hydrogen) atoms. The summed E-state index contributed by atoms with van der Waals surface area (Å²) in [7, 11) is 1.86. The zero-order valence-corrected chi connectivity index (χ0v) is 7.10. The molecule has 1 aliphatic heterocycles. The Bertz CT molecular complexity index is 203. The third kappa shape index (κ3) is 0.959. The van der Waals surface area contributed by atoms with Crippen LogP contribution < -0.4 is 4.33 Å². The molecular weight excluding hydrogens is 197 g/mol. The number of hydrogen-bond donors (Lipinski definition) is 0. The standard InChI is InChI=1S/C6H4NSSe/c1-2-4-6-5(3-1)7-9-8-6/h1-4H. The molecular formula is C6H4NSSe. The Morgan fingerprint density at radius 1 is 1.33 bits per heavy atom. The van der Waals surface area contributed by atoms with Gasteiger partial charge in [0.05, 0.1) is 0 Å². The Labute approximate surface area is 63.7 Å². The first-order valence-electron chi connectivity index (χ1n) is 2.60. The predicted molar refractivity (Wildman–Crippen MR) is 39.8 cm³/mol. The minimum atomic E-state index is 0.420. The van der Waals surface area contributed by atoms with Crippen LogP contribution in [0.1, 0.15) is 0 Å². The number of rotatable bonds is 0. The van der Waals surface area contributed by atoms with E-state index in [-0.39, 0.29) is 0 Å². The van der Waals surface area contributed by atoms with Crippen LogP contribution in [0.15, 0.2) is 29.2 Å². The van der Waals surface area contributed by atoms with E-state index in [1.807, 2.05) is 16.2 Å². The van der Waals surface area contributed by atoms with E-state index < -0.39 is 0 Å². The van der Waals surface area contributed by atoms with E-state index >= 15 is 0 Å². The minimum absolute atomic E-state index is 0.420. The van der Waals surface area contributed by atoms with Crippen molar-refractivity contribution in [3.63, 3.8) is 0 Å². The Hall–Kier alpha value is -0.111. The fraction of sp³-hybridized carbons (Fsp3) is 0. The van der Waals surface area contributed by atoms with Crippen LogP contribution in [0.25, 0.3) is 0 Å². The van der Waals surface area contributed by atoms with Crippen LogP contribution >= 0.6 is 10.2 Å². The maximum absolute atomic E-state index is 4.32. The summed E-state index contributed by atoms with van der Waals surface area (Å²) in [6, 6.07) is 8.28. The fourth-order valence-corrected chi connectivity index (χ4v) is 3.83. The molecule has 2 rings (SSSR count). The van der Waals surface area contributed by atoms with E-state index in [2.05, 4.69) is 22.5 Å². The second-order valence-electron chi connectivity index (χ2n) is 1.72. The number of hydrogen-bond acceptors (Lipinski definition) is 1. The average molecular weight is 201 g/mol. The second kappa shape index (κ2) is 2.25. The van der Waals surface area contributed by atoms with Crippen LogP contribution in [0.3, 0.4) is 0 Å². The molecule has 1 aromatic rings. The zero-order chi connectivity index (χ0) is 6.10. The fourth-order valence-electron chi connectivity index (χ4n) is 0.702. The van der Waals surface area contributed by atoms with Gasteiger partial charge in [0, 0.05) is 0 Å². The van der Waals surface area contributed by atoms with Crippen molar-refractivity contribution in [2.45, 2.75) is 4.90 Å². The van der Waals surface area contributed by atoms with Gasteiger partial charge in [0.25, 0.3) is 0 Å². The van der Waals surface area contributed by atoms with Gasteiger partial charge in [-0.15, -0.1) is 0 Å². The van der Waals surface area contributed by atoms with Gasteiger partial charge >= 0.3 is 63.4 Å². The molecule has 0 aliphatic carbocycles. The monoisotopic (exact) mass is 202 g/mol. The molecule has 0 saturated heterocycles. The van der Waals surface area contributed by atoms with Crippen LogP contribution in [0, 0.1) is 0 Å². The first-order valence-corrected chi connectivity index (χ1v) is 6.21. The molecule has 0 saturated carbocycles. The molecule has 1 heterocycles. The van der Waals surface area contributed by atoms with Crippen LogP contribution in [-0.2, 0) is 0 Å². The van der Waals surface area contributed by atoms with E-state index in [0.717, 1.165) is 0 Å². The summed E-state index contributed by atoms with van der Waals surface area (Å²) in [5, 5.41) is 0. The van der Waals surface area contributed by atoms with Crippen LogP contribution in [-0.4, -0.2) is 14.1 Å². The Morgan fingerprint density at radius 2 is 2.22 bits per heavy atom. The molecule has 0 fully saturated rings. The van der Waals surface area contributed by atoms with Crippen molar-refractivity contribution in [2.75, 3.05) is 0 Å². The molecule has 45 valence electrons. The van der Waals surface area contributed by atoms with Crippen molar-refractivity contribution in [3.05, 3.63) is 24.3 Å². The van der Waals surface area contributed by atoms with E-state index in [9.17, 15) is 0 Å². The van der Waals surface area contributed by atoms with Crippen molar-refractivity contribution in [1.82, 2.24) is 4.33 Å². The van der Waals surface area contributed by atoms with Gasteiger partial charge in [0.2, 0.25) is 0 Å². The third-order valence-electron chi connectivity index (χ3n) is 1.13. The average Bonchev–Trinajstić information content (AvgIpc) is 2.33. The van der Waals surface area contributed by atoms with Gasteiger partial charge in [0.15, 0.2) is 0 Å². The van der Waals surface area contributed by atoms with Crippen LogP contribution in [0.5, 0.6) is 0 Å². The summed E-state index contributed by atoms with van der Waals surface area (Å²) in [4.78, 5) is 1.34. The molecule has 0 aromatic heterocycles. The second-order valence-corrected chi connectivity index (χ2v) is 4.84. The van der Waals surface area contributed by atoms with Gasteiger partial charge in [-0.2, -0.15) is 0 Å². The van der Waals surface area contributed by atoms with Crippen molar-refractivity contribution < 1.29 is 0 Å². The van der Waals surface area contributed by atoms with Gasteiger partial charge in [0.1, 0.15) is 0 Å². The molecule has 0 amide bonds. The third-order valence-corrected chi connectivity index (χ3v) is 4.28. The molecule has 0 unspecified atom stereocenters. The zero-order valence-electron chi connectivity index (χ0n) is 4.57. The topological polar surface area (TPSA) is 14.1 Å². The Morgan fingerprint density at radius 3 is 3.11 bits per heavy atom. The van der Waals surface area contributed by atoms with Gasteiger partial charge in [-0.3, -0.25) is 0 Å². The molecule has 1 radical (unpaired) electrons. The van der Waals surface area contributed by atoms with E-state index in [4.69, 9.17) is 0 Å². The molecule has 1 aromatic carbocycles. The molecule has 0 atom stereocenters. The maximum atomic E-state index is 4.32. The molecule has 0 bridgehead atoms. The van der Waals surface area contributed by atoms with Gasteiger partial charge in [-0.1, -0.05) is 0 Å². The van der Waals surface area contributed by atoms with Crippen molar-refractivity contribution in [1.29, 1.82) is 0 Å². The summed E-state index contributed by atoms with van der Waals surface area (Å²) in [6.07, 6.45) is 0. The van der Waals surface area contributed by atoms with E-state index in [1.54, 1.807) is 0 Å². The molecule has 3 heteroatoms. The van der Waals surface area contributed by atoms with E-state index in [0.29, 0.717) is 14.1 Å². The quantitative estimate of drug-likeness (QED) is 0.581. The first kappa shape index (κ1) is 5.66. The number of benzene rings is 1. The SMILES string of the molecule is c1ccc2c(c1)[N][Se]S2. The van der Waals surface area contributed by atoms with Gasteiger partial charge in [-0.05, 0) is 0 Å². The van der Waals surface area contributed by atoms with Crippen LogP contribution in [0.4, 0.5) is 5.69 Å².